The van der Waals surface area contributed by atoms with E-state index in [4.69, 9.17) is 20.2 Å². The molecule has 1 atom stereocenters. The van der Waals surface area contributed by atoms with Crippen LogP contribution in [0.5, 0.6) is 0 Å². The standard InChI is InChI=1S/C30H23N5O4S/c1-38-29(36)25-24(18-9-4-3-5-10-18)21(16-31)27(32)35(26(25)30(37)39-2)20-12-8-11-19(15-20)28-34-23(17-40-28)22-13-6-7-14-33-22/h3-15,17,24H,32H2,1-2H3. The third-order valence-corrected chi connectivity index (χ3v) is 7.28. The van der Waals surface area contributed by atoms with Crippen LogP contribution in [-0.4, -0.2) is 36.1 Å². The highest BCUT2D eigenvalue weighted by molar-refractivity contribution is 7.13. The van der Waals surface area contributed by atoms with Gasteiger partial charge >= 0.3 is 11.9 Å². The van der Waals surface area contributed by atoms with Gasteiger partial charge in [-0.15, -0.1) is 11.3 Å². The fourth-order valence-electron chi connectivity index (χ4n) is 4.60. The van der Waals surface area contributed by atoms with E-state index in [9.17, 15) is 14.9 Å². The predicted octanol–water partition coefficient (Wildman–Crippen LogP) is 4.77. The number of aromatic nitrogens is 2. The van der Waals surface area contributed by atoms with E-state index in [-0.39, 0.29) is 22.7 Å². The van der Waals surface area contributed by atoms with Gasteiger partial charge in [0.05, 0.1) is 43.0 Å². The Morgan fingerprint density at radius 1 is 0.975 bits per heavy atom. The summed E-state index contributed by atoms with van der Waals surface area (Å²) in [5.41, 5.74) is 9.77. The molecule has 198 valence electrons. The van der Waals surface area contributed by atoms with Gasteiger partial charge in [0.1, 0.15) is 22.2 Å². The Balaban J connectivity index is 1.69. The number of carbonyl (C=O) groups is 2. The molecule has 0 radical (unpaired) electrons. The molecule has 2 aromatic carbocycles. The second-order valence-corrected chi connectivity index (χ2v) is 9.50. The van der Waals surface area contributed by atoms with E-state index in [1.807, 2.05) is 35.7 Å². The van der Waals surface area contributed by atoms with Crippen molar-refractivity contribution in [3.8, 4) is 28.0 Å². The quantitative estimate of drug-likeness (QED) is 0.338. The zero-order valence-corrected chi connectivity index (χ0v) is 22.4. The van der Waals surface area contributed by atoms with Crippen molar-refractivity contribution in [1.29, 1.82) is 5.26 Å². The van der Waals surface area contributed by atoms with Crippen molar-refractivity contribution in [2.45, 2.75) is 5.92 Å². The molecule has 4 aromatic rings. The van der Waals surface area contributed by atoms with Crippen LogP contribution in [0.15, 0.2) is 107 Å². The first kappa shape index (κ1) is 26.3. The number of benzene rings is 2. The highest BCUT2D eigenvalue weighted by Gasteiger charge is 2.43. The molecule has 0 bridgehead atoms. The van der Waals surface area contributed by atoms with Crippen LogP contribution in [-0.2, 0) is 19.1 Å². The smallest absolute Gasteiger partial charge is 0.355 e. The van der Waals surface area contributed by atoms with Gasteiger partial charge in [-0.25, -0.2) is 14.6 Å². The van der Waals surface area contributed by atoms with Gasteiger partial charge in [-0.2, -0.15) is 5.26 Å². The minimum Gasteiger partial charge on any atom is -0.466 e. The molecule has 1 aliphatic heterocycles. The highest BCUT2D eigenvalue weighted by atomic mass is 32.1. The number of allylic oxidation sites excluding steroid dienone is 1. The minimum absolute atomic E-state index is 0.00475. The molecule has 0 aliphatic carbocycles. The van der Waals surface area contributed by atoms with Gasteiger partial charge in [-0.1, -0.05) is 48.5 Å². The van der Waals surface area contributed by atoms with Crippen molar-refractivity contribution in [2.75, 3.05) is 19.1 Å². The molecule has 2 aromatic heterocycles. The van der Waals surface area contributed by atoms with Crippen LogP contribution in [0, 0.1) is 11.3 Å². The van der Waals surface area contributed by atoms with Gasteiger partial charge in [0.25, 0.3) is 0 Å². The van der Waals surface area contributed by atoms with Crippen molar-refractivity contribution in [2.24, 2.45) is 5.73 Å². The van der Waals surface area contributed by atoms with Crippen LogP contribution in [0.2, 0.25) is 0 Å². The van der Waals surface area contributed by atoms with E-state index in [2.05, 4.69) is 11.1 Å². The molecule has 3 heterocycles. The van der Waals surface area contributed by atoms with Gasteiger partial charge in [0.15, 0.2) is 0 Å². The van der Waals surface area contributed by atoms with E-state index in [0.717, 1.165) is 17.0 Å². The Bertz CT molecular complexity index is 1690. The van der Waals surface area contributed by atoms with E-state index in [0.29, 0.717) is 16.3 Å². The van der Waals surface area contributed by atoms with Crippen molar-refractivity contribution in [3.05, 3.63) is 113 Å². The fraction of sp³-hybridized carbons (Fsp3) is 0.100. The average Bonchev–Trinajstić information content (AvgIpc) is 3.51. The Hall–Kier alpha value is -5.27. The van der Waals surface area contributed by atoms with Crippen molar-refractivity contribution >= 4 is 29.0 Å². The molecular formula is C30H23N5O4S. The Kier molecular flexibility index (Phi) is 7.39. The van der Waals surface area contributed by atoms with E-state index in [1.54, 1.807) is 48.7 Å². The number of ether oxygens (including phenoxy) is 2. The maximum absolute atomic E-state index is 13.3. The average molecular weight is 550 g/mol. The van der Waals surface area contributed by atoms with Crippen LogP contribution < -0.4 is 10.6 Å². The molecule has 2 N–H and O–H groups in total. The molecule has 1 aliphatic rings. The van der Waals surface area contributed by atoms with Crippen LogP contribution in [0.1, 0.15) is 11.5 Å². The first-order valence-corrected chi connectivity index (χ1v) is 13.0. The maximum atomic E-state index is 13.3. The number of thiazole rings is 1. The van der Waals surface area contributed by atoms with Gasteiger partial charge in [-0.05, 0) is 29.8 Å². The van der Waals surface area contributed by atoms with Crippen LogP contribution in [0.25, 0.3) is 22.0 Å². The molecular weight excluding hydrogens is 526 g/mol. The largest absolute Gasteiger partial charge is 0.466 e. The second-order valence-electron chi connectivity index (χ2n) is 8.64. The number of esters is 2. The topological polar surface area (TPSA) is 131 Å². The maximum Gasteiger partial charge on any atom is 0.355 e. The van der Waals surface area contributed by atoms with Crippen molar-refractivity contribution in [1.82, 2.24) is 9.97 Å². The van der Waals surface area contributed by atoms with Gasteiger partial charge < -0.3 is 15.2 Å². The SMILES string of the molecule is COC(=O)C1=C(C(=O)OC)N(c2cccc(-c3nc(-c4ccccn4)cs3)c2)C(N)=C(C#N)C1c1ccccc1. The lowest BCUT2D eigenvalue weighted by molar-refractivity contribution is -0.139. The van der Waals surface area contributed by atoms with Crippen LogP contribution in [0.3, 0.4) is 0 Å². The third-order valence-electron chi connectivity index (χ3n) is 6.39. The van der Waals surface area contributed by atoms with Crippen LogP contribution in [0.4, 0.5) is 5.69 Å². The first-order chi connectivity index (χ1) is 19.5. The lowest BCUT2D eigenvalue weighted by atomic mass is 9.81. The summed E-state index contributed by atoms with van der Waals surface area (Å²) in [6.45, 7) is 0. The Morgan fingerprint density at radius 3 is 2.40 bits per heavy atom. The number of methoxy groups -OCH3 is 2. The van der Waals surface area contributed by atoms with Gasteiger partial charge in [0.2, 0.25) is 0 Å². The van der Waals surface area contributed by atoms with E-state index in [1.165, 1.54) is 30.5 Å². The molecule has 0 saturated carbocycles. The third kappa shape index (κ3) is 4.70. The number of rotatable bonds is 6. The molecule has 0 saturated heterocycles. The van der Waals surface area contributed by atoms with Crippen molar-refractivity contribution in [3.63, 3.8) is 0 Å². The summed E-state index contributed by atoms with van der Waals surface area (Å²) in [7, 11) is 2.43. The molecule has 5 rings (SSSR count). The zero-order chi connectivity index (χ0) is 28.2. The van der Waals surface area contributed by atoms with Gasteiger partial charge in [-0.3, -0.25) is 9.88 Å². The summed E-state index contributed by atoms with van der Waals surface area (Å²) in [5, 5.41) is 12.9. The predicted molar refractivity (Wildman–Crippen MR) is 150 cm³/mol. The fourth-order valence-corrected chi connectivity index (χ4v) is 5.41. The Morgan fingerprint density at radius 2 is 1.73 bits per heavy atom. The number of anilines is 1. The Labute approximate surface area is 234 Å². The number of hydrogen-bond acceptors (Lipinski definition) is 10. The molecule has 0 spiro atoms. The number of hydrogen-bond donors (Lipinski definition) is 1. The zero-order valence-electron chi connectivity index (χ0n) is 21.6. The summed E-state index contributed by atoms with van der Waals surface area (Å²) in [6, 6.07) is 23.8. The highest BCUT2D eigenvalue weighted by Crippen LogP contribution is 2.43. The summed E-state index contributed by atoms with van der Waals surface area (Å²) in [6.07, 6.45) is 1.70. The molecule has 0 amide bonds. The van der Waals surface area contributed by atoms with E-state index >= 15 is 0 Å². The summed E-state index contributed by atoms with van der Waals surface area (Å²) in [5.74, 6) is -2.53. The van der Waals surface area contributed by atoms with Crippen LogP contribution >= 0.6 is 11.3 Å². The lowest BCUT2D eigenvalue weighted by Crippen LogP contribution is -2.40. The normalized spacial score (nSPS) is 15.0. The number of carbonyl (C=O) groups excluding carboxylic acids is 2. The number of nitrogens with two attached hydrogens (primary N) is 1. The van der Waals surface area contributed by atoms with Crippen molar-refractivity contribution < 1.29 is 19.1 Å². The van der Waals surface area contributed by atoms with E-state index < -0.39 is 17.9 Å². The summed E-state index contributed by atoms with van der Waals surface area (Å²) in [4.78, 5) is 37.0. The lowest BCUT2D eigenvalue weighted by Gasteiger charge is -2.36. The van der Waals surface area contributed by atoms with Gasteiger partial charge in [0, 0.05) is 22.8 Å². The summed E-state index contributed by atoms with van der Waals surface area (Å²) < 4.78 is 10.2. The second kappa shape index (κ2) is 11.2. The number of nitrogens with zero attached hydrogens (tertiary/aromatic N) is 4. The number of nitriles is 1. The molecule has 0 fully saturated rings. The molecule has 1 unspecified atom stereocenters. The molecule has 10 heteroatoms. The molecule has 40 heavy (non-hydrogen) atoms. The monoisotopic (exact) mass is 549 g/mol. The summed E-state index contributed by atoms with van der Waals surface area (Å²) >= 11 is 1.43. The first-order valence-electron chi connectivity index (χ1n) is 12.1. The minimum atomic E-state index is -0.938. The molecule has 9 nitrogen and oxygen atoms in total. The number of pyridine rings is 1.